The molecule has 2 aromatic rings. The molecule has 1 aromatic carbocycles. The maximum Gasteiger partial charge on any atom is 0.249 e. The van der Waals surface area contributed by atoms with E-state index in [1.807, 2.05) is 0 Å². The zero-order valence-electron chi connectivity index (χ0n) is 17.2. The number of aromatic nitrogens is 1. The number of hydroxylamine groups is 2. The van der Waals surface area contributed by atoms with Crippen molar-refractivity contribution in [2.75, 3.05) is 25.2 Å². The van der Waals surface area contributed by atoms with E-state index in [1.54, 1.807) is 26.1 Å². The summed E-state index contributed by atoms with van der Waals surface area (Å²) in [5.41, 5.74) is 1.64. The van der Waals surface area contributed by atoms with Gasteiger partial charge in [-0.2, -0.15) is 0 Å². The number of aryl methyl sites for hydroxylation is 1. The van der Waals surface area contributed by atoms with Crippen LogP contribution in [0.1, 0.15) is 29.5 Å². The minimum absolute atomic E-state index is 0.0375. The Kier molecular flexibility index (Phi) is 6.89. The molecule has 30 heavy (non-hydrogen) atoms. The number of thiazole rings is 1. The first-order valence-electron chi connectivity index (χ1n) is 9.65. The molecule has 10 heteroatoms. The summed E-state index contributed by atoms with van der Waals surface area (Å²) in [6.45, 7) is 1.60. The Labute approximate surface area is 180 Å². The third kappa shape index (κ3) is 5.05. The molecule has 3 rings (SSSR count). The first-order chi connectivity index (χ1) is 14.2. The Bertz CT molecular complexity index is 1030. The van der Waals surface area contributed by atoms with Gasteiger partial charge in [-0.05, 0) is 37.0 Å². The van der Waals surface area contributed by atoms with Crippen LogP contribution in [0.25, 0.3) is 0 Å². The van der Waals surface area contributed by atoms with Crippen LogP contribution in [-0.4, -0.2) is 50.2 Å². The predicted octanol–water partition coefficient (Wildman–Crippen LogP) is 2.24. The van der Waals surface area contributed by atoms with E-state index in [2.05, 4.69) is 10.3 Å². The summed E-state index contributed by atoms with van der Waals surface area (Å²) in [7, 11) is -0.197. The van der Waals surface area contributed by atoms with E-state index in [-0.39, 0.29) is 34.8 Å². The minimum Gasteiger partial charge on any atom is -0.302 e. The minimum atomic E-state index is -3.26. The van der Waals surface area contributed by atoms with Gasteiger partial charge in [0.25, 0.3) is 0 Å². The number of nitrogens with one attached hydrogen (secondary N) is 1. The first kappa shape index (κ1) is 22.4. The molecular weight excluding hydrogens is 426 g/mol. The molecule has 0 fully saturated rings. The van der Waals surface area contributed by atoms with Crippen molar-refractivity contribution in [3.63, 3.8) is 0 Å². The van der Waals surface area contributed by atoms with E-state index in [0.717, 1.165) is 16.1 Å². The van der Waals surface area contributed by atoms with Gasteiger partial charge in [0.15, 0.2) is 15.0 Å². The van der Waals surface area contributed by atoms with Gasteiger partial charge >= 0.3 is 0 Å². The van der Waals surface area contributed by atoms with Crippen molar-refractivity contribution in [3.8, 4) is 0 Å². The largest absolute Gasteiger partial charge is 0.302 e. The van der Waals surface area contributed by atoms with E-state index in [0.29, 0.717) is 24.4 Å². The van der Waals surface area contributed by atoms with E-state index >= 15 is 0 Å². The SMILES string of the molecule is CCS(=O)(=O)c1ccc(CC(=O)Nc2nc3c(s2)CC(C(=O)N(C)OC)CC3)cc1. The molecule has 1 unspecified atom stereocenters. The first-order valence-corrected chi connectivity index (χ1v) is 12.1. The number of sulfone groups is 1. The highest BCUT2D eigenvalue weighted by molar-refractivity contribution is 7.91. The van der Waals surface area contributed by atoms with Gasteiger partial charge in [-0.1, -0.05) is 19.1 Å². The smallest absolute Gasteiger partial charge is 0.249 e. The highest BCUT2D eigenvalue weighted by atomic mass is 32.2. The number of rotatable bonds is 7. The molecule has 0 radical (unpaired) electrons. The van der Waals surface area contributed by atoms with Crippen LogP contribution in [0.4, 0.5) is 5.13 Å². The number of hydrogen-bond donors (Lipinski definition) is 1. The summed E-state index contributed by atoms with van der Waals surface area (Å²) in [6, 6.07) is 6.35. The maximum atomic E-state index is 12.4. The third-order valence-corrected chi connectivity index (χ3v) is 7.93. The van der Waals surface area contributed by atoms with Gasteiger partial charge in [0, 0.05) is 17.8 Å². The van der Waals surface area contributed by atoms with Gasteiger partial charge in [0.05, 0.1) is 29.9 Å². The molecule has 162 valence electrons. The molecule has 1 aromatic heterocycles. The quantitative estimate of drug-likeness (QED) is 0.647. The predicted molar refractivity (Wildman–Crippen MR) is 114 cm³/mol. The number of carbonyl (C=O) groups is 2. The fraction of sp³-hybridized carbons (Fsp3) is 0.450. The molecule has 0 aliphatic heterocycles. The Morgan fingerprint density at radius 3 is 2.63 bits per heavy atom. The van der Waals surface area contributed by atoms with Crippen molar-refractivity contribution >= 4 is 38.1 Å². The van der Waals surface area contributed by atoms with Crippen LogP contribution in [-0.2, 0) is 43.5 Å². The molecule has 0 saturated heterocycles. The second kappa shape index (κ2) is 9.23. The van der Waals surface area contributed by atoms with Gasteiger partial charge in [-0.15, -0.1) is 11.3 Å². The standard InChI is InChI=1S/C20H25N3O5S2/c1-4-30(26,27)15-8-5-13(6-9-15)11-18(24)22-20-21-16-10-7-14(12-17(16)29-20)19(25)23(2)28-3/h5-6,8-9,14H,4,7,10-12H2,1-3H3,(H,21,22,24). The van der Waals surface area contributed by atoms with Crippen LogP contribution in [0.15, 0.2) is 29.2 Å². The number of benzene rings is 1. The summed E-state index contributed by atoms with van der Waals surface area (Å²) in [5, 5.41) is 4.58. The van der Waals surface area contributed by atoms with Crippen molar-refractivity contribution in [1.29, 1.82) is 0 Å². The molecule has 1 aliphatic carbocycles. The highest BCUT2D eigenvalue weighted by Crippen LogP contribution is 2.33. The zero-order chi connectivity index (χ0) is 21.9. The van der Waals surface area contributed by atoms with E-state index in [4.69, 9.17) is 4.84 Å². The van der Waals surface area contributed by atoms with Crippen LogP contribution < -0.4 is 5.32 Å². The molecule has 0 spiro atoms. The number of anilines is 1. The number of hydrogen-bond acceptors (Lipinski definition) is 7. The summed E-state index contributed by atoms with van der Waals surface area (Å²) in [6.07, 6.45) is 2.09. The fourth-order valence-electron chi connectivity index (χ4n) is 3.32. The maximum absolute atomic E-state index is 12.4. The van der Waals surface area contributed by atoms with Crippen LogP contribution >= 0.6 is 11.3 Å². The molecule has 1 N–H and O–H groups in total. The number of fused-ring (bicyclic) bond motifs is 1. The van der Waals surface area contributed by atoms with Gasteiger partial charge in [0.2, 0.25) is 11.8 Å². The number of carbonyl (C=O) groups excluding carboxylic acids is 2. The van der Waals surface area contributed by atoms with Crippen LogP contribution in [0, 0.1) is 5.92 Å². The summed E-state index contributed by atoms with van der Waals surface area (Å²) < 4.78 is 23.7. The third-order valence-electron chi connectivity index (χ3n) is 5.15. The number of nitrogens with zero attached hydrogens (tertiary/aromatic N) is 2. The molecular formula is C20H25N3O5S2. The summed E-state index contributed by atoms with van der Waals surface area (Å²) in [4.78, 5) is 35.4. The highest BCUT2D eigenvalue weighted by Gasteiger charge is 2.29. The van der Waals surface area contributed by atoms with Crippen molar-refractivity contribution in [2.45, 2.75) is 37.5 Å². The lowest BCUT2D eigenvalue weighted by molar-refractivity contribution is -0.173. The second-order valence-corrected chi connectivity index (χ2v) is 10.5. The Morgan fingerprint density at radius 2 is 2.00 bits per heavy atom. The average Bonchev–Trinajstić information content (AvgIpc) is 3.14. The van der Waals surface area contributed by atoms with Gasteiger partial charge in [-0.25, -0.2) is 18.5 Å². The average molecular weight is 452 g/mol. The monoisotopic (exact) mass is 451 g/mol. The Hall–Kier alpha value is -2.30. The Balaban J connectivity index is 1.61. The molecule has 0 saturated carbocycles. The summed E-state index contributed by atoms with van der Waals surface area (Å²) in [5.74, 6) is -0.394. The molecule has 1 aliphatic rings. The lowest BCUT2D eigenvalue weighted by Gasteiger charge is -2.24. The zero-order valence-corrected chi connectivity index (χ0v) is 18.8. The topological polar surface area (TPSA) is 106 Å². The normalized spacial score (nSPS) is 16.0. The summed E-state index contributed by atoms with van der Waals surface area (Å²) >= 11 is 1.39. The van der Waals surface area contributed by atoms with Crippen molar-refractivity contribution in [2.24, 2.45) is 5.92 Å². The van der Waals surface area contributed by atoms with E-state index in [1.165, 1.54) is 35.6 Å². The van der Waals surface area contributed by atoms with Gasteiger partial charge < -0.3 is 5.32 Å². The molecule has 1 heterocycles. The number of amides is 2. The van der Waals surface area contributed by atoms with Crippen molar-refractivity contribution in [3.05, 3.63) is 40.4 Å². The van der Waals surface area contributed by atoms with Gasteiger partial charge in [-0.3, -0.25) is 14.4 Å². The van der Waals surface area contributed by atoms with Crippen LogP contribution in [0.5, 0.6) is 0 Å². The van der Waals surface area contributed by atoms with E-state index < -0.39 is 9.84 Å². The van der Waals surface area contributed by atoms with Gasteiger partial charge in [0.1, 0.15) is 0 Å². The lowest BCUT2D eigenvalue weighted by Crippen LogP contribution is -2.34. The van der Waals surface area contributed by atoms with Crippen molar-refractivity contribution < 1.29 is 22.8 Å². The van der Waals surface area contributed by atoms with Crippen LogP contribution in [0.2, 0.25) is 0 Å². The molecule has 8 nitrogen and oxygen atoms in total. The lowest BCUT2D eigenvalue weighted by atomic mass is 9.90. The Morgan fingerprint density at radius 1 is 1.30 bits per heavy atom. The molecule has 2 amide bonds. The van der Waals surface area contributed by atoms with E-state index in [9.17, 15) is 18.0 Å². The fourth-order valence-corrected chi connectivity index (χ4v) is 5.30. The molecule has 0 bridgehead atoms. The second-order valence-electron chi connectivity index (χ2n) is 7.12. The van der Waals surface area contributed by atoms with Crippen molar-refractivity contribution in [1.82, 2.24) is 10.0 Å². The van der Waals surface area contributed by atoms with Crippen LogP contribution in [0.3, 0.4) is 0 Å². The molecule has 1 atom stereocenters.